The van der Waals surface area contributed by atoms with Gasteiger partial charge in [-0.3, -0.25) is 0 Å². The average molecular weight is 276 g/mol. The lowest BCUT2D eigenvalue weighted by atomic mass is 10.1. The third-order valence-corrected chi connectivity index (χ3v) is 3.77. The molecule has 0 radical (unpaired) electrons. The van der Waals surface area contributed by atoms with Crippen molar-refractivity contribution in [3.8, 4) is 0 Å². The summed E-state index contributed by atoms with van der Waals surface area (Å²) in [4.78, 5) is 13.4. The number of carbonyl (C=O) groups is 1. The molecular formula is C15H24N4O. The van der Waals surface area contributed by atoms with Crippen LogP contribution in [0.15, 0.2) is 24.3 Å². The van der Waals surface area contributed by atoms with Gasteiger partial charge in [-0.2, -0.15) is 0 Å². The normalized spacial score (nSPS) is 20.1. The topological polar surface area (TPSA) is 70.4 Å². The van der Waals surface area contributed by atoms with E-state index < -0.39 is 6.03 Å². The van der Waals surface area contributed by atoms with Crippen molar-refractivity contribution in [1.82, 2.24) is 4.90 Å². The number of primary amides is 1. The minimum absolute atomic E-state index is 0.496. The zero-order valence-electron chi connectivity index (χ0n) is 12.1. The molecule has 0 aromatic heterocycles. The number of carbonyl (C=O) groups excluding carboxylic acids is 1. The van der Waals surface area contributed by atoms with Gasteiger partial charge in [-0.05, 0) is 50.6 Å². The van der Waals surface area contributed by atoms with Crippen LogP contribution in [0.4, 0.5) is 16.2 Å². The van der Waals surface area contributed by atoms with E-state index in [0.29, 0.717) is 6.04 Å². The average Bonchev–Trinajstić information content (AvgIpc) is 2.63. The number of rotatable bonds is 4. The zero-order valence-corrected chi connectivity index (χ0v) is 12.1. The van der Waals surface area contributed by atoms with Crippen LogP contribution in [0.5, 0.6) is 0 Å². The Labute approximate surface area is 120 Å². The second-order valence-electron chi connectivity index (χ2n) is 5.28. The number of anilines is 2. The van der Waals surface area contributed by atoms with Crippen molar-refractivity contribution < 1.29 is 4.79 Å². The van der Waals surface area contributed by atoms with E-state index in [9.17, 15) is 4.79 Å². The Kier molecular flexibility index (Phi) is 5.24. The van der Waals surface area contributed by atoms with Crippen molar-refractivity contribution in [3.63, 3.8) is 0 Å². The number of urea groups is 1. The van der Waals surface area contributed by atoms with Gasteiger partial charge in [0.15, 0.2) is 0 Å². The molecule has 1 saturated heterocycles. The molecule has 0 saturated carbocycles. The van der Waals surface area contributed by atoms with E-state index in [2.05, 4.69) is 22.5 Å². The Morgan fingerprint density at radius 1 is 1.35 bits per heavy atom. The molecule has 5 nitrogen and oxygen atoms in total. The fraction of sp³-hybridized carbons (Fsp3) is 0.533. The number of nitrogens with two attached hydrogens (primary N) is 1. The van der Waals surface area contributed by atoms with Crippen LogP contribution < -0.4 is 16.4 Å². The maximum Gasteiger partial charge on any atom is 0.316 e. The summed E-state index contributed by atoms with van der Waals surface area (Å²) in [6.45, 7) is 5.68. The minimum atomic E-state index is -0.532. The first-order valence-electron chi connectivity index (χ1n) is 7.33. The molecule has 0 spiro atoms. The van der Waals surface area contributed by atoms with Crippen LogP contribution >= 0.6 is 0 Å². The van der Waals surface area contributed by atoms with Gasteiger partial charge in [-0.15, -0.1) is 0 Å². The van der Waals surface area contributed by atoms with Crippen molar-refractivity contribution in [2.75, 3.05) is 30.3 Å². The molecule has 1 aliphatic rings. The van der Waals surface area contributed by atoms with Crippen LogP contribution in [0.2, 0.25) is 0 Å². The maximum absolute atomic E-state index is 10.9. The lowest BCUT2D eigenvalue weighted by Gasteiger charge is -2.19. The summed E-state index contributed by atoms with van der Waals surface area (Å²) in [5, 5.41) is 6.16. The monoisotopic (exact) mass is 276 g/mol. The smallest absolute Gasteiger partial charge is 0.316 e. The molecule has 5 heteroatoms. The number of nitrogens with one attached hydrogen (secondary N) is 2. The van der Waals surface area contributed by atoms with E-state index >= 15 is 0 Å². The molecule has 1 fully saturated rings. The number of amides is 2. The first kappa shape index (κ1) is 14.7. The zero-order chi connectivity index (χ0) is 14.4. The number of hydrogen-bond donors (Lipinski definition) is 3. The Hall–Kier alpha value is -1.75. The largest absolute Gasteiger partial charge is 0.382 e. The fourth-order valence-electron chi connectivity index (χ4n) is 2.68. The molecule has 2 rings (SSSR count). The highest BCUT2D eigenvalue weighted by molar-refractivity contribution is 5.88. The number of hydrogen-bond acceptors (Lipinski definition) is 3. The molecule has 1 heterocycles. The summed E-state index contributed by atoms with van der Waals surface area (Å²) in [6, 6.07) is 7.66. The van der Waals surface area contributed by atoms with Gasteiger partial charge < -0.3 is 21.3 Å². The molecule has 20 heavy (non-hydrogen) atoms. The molecule has 1 aliphatic heterocycles. The predicted molar refractivity (Wildman–Crippen MR) is 83.0 cm³/mol. The molecule has 1 aromatic rings. The van der Waals surface area contributed by atoms with Crippen LogP contribution in [0.1, 0.15) is 26.2 Å². The van der Waals surface area contributed by atoms with Gasteiger partial charge >= 0.3 is 6.03 Å². The lowest BCUT2D eigenvalue weighted by molar-refractivity contribution is 0.259. The van der Waals surface area contributed by atoms with Gasteiger partial charge in [0, 0.05) is 24.0 Å². The first-order valence-corrected chi connectivity index (χ1v) is 7.33. The Balaban J connectivity index is 1.93. The third-order valence-electron chi connectivity index (χ3n) is 3.77. The minimum Gasteiger partial charge on any atom is -0.382 e. The molecule has 0 aliphatic carbocycles. The first-order chi connectivity index (χ1) is 9.67. The Morgan fingerprint density at radius 2 is 2.15 bits per heavy atom. The third kappa shape index (κ3) is 4.42. The summed E-state index contributed by atoms with van der Waals surface area (Å²) in [5.74, 6) is 0. The van der Waals surface area contributed by atoms with E-state index in [1.807, 2.05) is 24.3 Å². The fourth-order valence-corrected chi connectivity index (χ4v) is 2.68. The van der Waals surface area contributed by atoms with Gasteiger partial charge in [0.2, 0.25) is 0 Å². The van der Waals surface area contributed by atoms with Gasteiger partial charge in [-0.1, -0.05) is 13.0 Å². The van der Waals surface area contributed by atoms with Crippen LogP contribution in [-0.4, -0.2) is 36.6 Å². The Morgan fingerprint density at radius 3 is 2.90 bits per heavy atom. The second-order valence-corrected chi connectivity index (χ2v) is 5.28. The van der Waals surface area contributed by atoms with Gasteiger partial charge in [-0.25, -0.2) is 4.79 Å². The summed E-state index contributed by atoms with van der Waals surface area (Å²) in [5.41, 5.74) is 6.90. The van der Waals surface area contributed by atoms with Crippen molar-refractivity contribution in [2.24, 2.45) is 5.73 Å². The van der Waals surface area contributed by atoms with E-state index in [0.717, 1.165) is 30.9 Å². The van der Waals surface area contributed by atoms with Gasteiger partial charge in [0.25, 0.3) is 0 Å². The predicted octanol–water partition coefficient (Wildman–Crippen LogP) is 2.46. The SMILES string of the molecule is CCN1CCCC(Nc2cccc(NC(N)=O)c2)CC1. The van der Waals surface area contributed by atoms with Crippen molar-refractivity contribution in [3.05, 3.63) is 24.3 Å². The molecule has 0 bridgehead atoms. The van der Waals surface area contributed by atoms with Crippen molar-refractivity contribution in [1.29, 1.82) is 0 Å². The van der Waals surface area contributed by atoms with Crippen LogP contribution in [0.3, 0.4) is 0 Å². The Bertz CT molecular complexity index is 449. The number of benzene rings is 1. The van der Waals surface area contributed by atoms with Gasteiger partial charge in [0.1, 0.15) is 0 Å². The molecular weight excluding hydrogens is 252 g/mol. The number of likely N-dealkylation sites (tertiary alicyclic amines) is 1. The quantitative estimate of drug-likeness (QED) is 0.791. The highest BCUT2D eigenvalue weighted by Crippen LogP contribution is 2.19. The lowest BCUT2D eigenvalue weighted by Crippen LogP contribution is -2.26. The second kappa shape index (κ2) is 7.14. The van der Waals surface area contributed by atoms with Crippen molar-refractivity contribution >= 4 is 17.4 Å². The molecule has 1 unspecified atom stereocenters. The molecule has 110 valence electrons. The van der Waals surface area contributed by atoms with Crippen LogP contribution in [0.25, 0.3) is 0 Å². The summed E-state index contributed by atoms with van der Waals surface area (Å²) < 4.78 is 0. The number of nitrogens with zero attached hydrogens (tertiary/aromatic N) is 1. The van der Waals surface area contributed by atoms with Crippen LogP contribution in [0, 0.1) is 0 Å². The van der Waals surface area contributed by atoms with E-state index in [1.54, 1.807) is 0 Å². The van der Waals surface area contributed by atoms with Gasteiger partial charge in [0.05, 0.1) is 0 Å². The molecule has 1 atom stereocenters. The maximum atomic E-state index is 10.9. The summed E-state index contributed by atoms with van der Waals surface area (Å²) in [7, 11) is 0. The van der Waals surface area contributed by atoms with E-state index in [-0.39, 0.29) is 0 Å². The highest BCUT2D eigenvalue weighted by Gasteiger charge is 2.15. The van der Waals surface area contributed by atoms with E-state index in [1.165, 1.54) is 19.4 Å². The standard InChI is InChI=1S/C15H24N4O/c1-2-19-9-4-7-12(8-10-19)17-13-5-3-6-14(11-13)18-15(16)20/h3,5-6,11-12,17H,2,4,7-10H2,1H3,(H3,16,18,20). The summed E-state index contributed by atoms with van der Waals surface area (Å²) >= 11 is 0. The van der Waals surface area contributed by atoms with Crippen LogP contribution in [-0.2, 0) is 0 Å². The van der Waals surface area contributed by atoms with Crippen molar-refractivity contribution in [2.45, 2.75) is 32.2 Å². The molecule has 1 aromatic carbocycles. The van der Waals surface area contributed by atoms with E-state index in [4.69, 9.17) is 5.73 Å². The molecule has 2 amide bonds. The highest BCUT2D eigenvalue weighted by atomic mass is 16.2. The molecule has 4 N–H and O–H groups in total. The summed E-state index contributed by atoms with van der Waals surface area (Å²) in [6.07, 6.45) is 3.57.